The van der Waals surface area contributed by atoms with Gasteiger partial charge in [-0.1, -0.05) is 25.0 Å². The average Bonchev–Trinajstić information content (AvgIpc) is 3.30. The van der Waals surface area contributed by atoms with E-state index < -0.39 is 53.2 Å². The van der Waals surface area contributed by atoms with E-state index in [4.69, 9.17) is 9.47 Å². The van der Waals surface area contributed by atoms with Crippen molar-refractivity contribution in [2.75, 3.05) is 13.2 Å². The molecule has 10 heteroatoms. The maximum atomic E-state index is 13.5. The molecule has 1 saturated heterocycles. The van der Waals surface area contributed by atoms with Gasteiger partial charge in [0.05, 0.1) is 12.7 Å². The number of aliphatic hydroxyl groups is 1. The number of allylic oxidation sites excluding steroid dienone is 1. The lowest BCUT2D eigenvalue weighted by molar-refractivity contribution is -0.150. The zero-order valence-electron chi connectivity index (χ0n) is 21.2. The number of nitrogens with one attached hydrogen (secondary N) is 2. The number of rotatable bonds is 3. The van der Waals surface area contributed by atoms with Gasteiger partial charge in [0.25, 0.3) is 0 Å². The minimum absolute atomic E-state index is 0.0286. The van der Waals surface area contributed by atoms with E-state index in [1.165, 1.54) is 4.90 Å². The Labute approximate surface area is 206 Å². The number of hydrogen-bond donors (Lipinski definition) is 3. The fraction of sp³-hybridized carbons (Fsp3) is 0.760. The van der Waals surface area contributed by atoms with Crippen molar-refractivity contribution in [3.63, 3.8) is 0 Å². The van der Waals surface area contributed by atoms with Crippen LogP contribution < -0.4 is 10.6 Å². The molecule has 3 N–H and O–H groups in total. The minimum atomic E-state index is -1.15. The monoisotopic (exact) mass is 493 g/mol. The van der Waals surface area contributed by atoms with Gasteiger partial charge >= 0.3 is 12.1 Å². The van der Waals surface area contributed by atoms with Crippen LogP contribution >= 0.6 is 0 Å². The van der Waals surface area contributed by atoms with Crippen LogP contribution in [-0.4, -0.2) is 76.4 Å². The van der Waals surface area contributed by atoms with Crippen LogP contribution in [0, 0.1) is 5.92 Å². The van der Waals surface area contributed by atoms with E-state index in [9.17, 15) is 24.3 Å². The van der Waals surface area contributed by atoms with E-state index >= 15 is 0 Å². The van der Waals surface area contributed by atoms with E-state index in [-0.39, 0.29) is 25.5 Å². The summed E-state index contributed by atoms with van der Waals surface area (Å²) in [5, 5.41) is 15.8. The Hall–Kier alpha value is -2.62. The highest BCUT2D eigenvalue weighted by Crippen LogP contribution is 2.46. The minimum Gasteiger partial charge on any atom is -0.464 e. The van der Waals surface area contributed by atoms with Crippen LogP contribution in [0.1, 0.15) is 72.6 Å². The van der Waals surface area contributed by atoms with Crippen LogP contribution in [0.25, 0.3) is 0 Å². The molecule has 1 aliphatic carbocycles. The zero-order valence-corrected chi connectivity index (χ0v) is 21.2. The molecule has 0 radical (unpaired) electrons. The van der Waals surface area contributed by atoms with Gasteiger partial charge in [-0.15, -0.1) is 0 Å². The van der Waals surface area contributed by atoms with Crippen LogP contribution in [0.5, 0.6) is 0 Å². The number of carbonyl (C=O) groups is 4. The van der Waals surface area contributed by atoms with E-state index in [2.05, 4.69) is 10.6 Å². The highest BCUT2D eigenvalue weighted by atomic mass is 16.6. The number of nitrogens with zero attached hydrogens (tertiary/aromatic N) is 1. The molecule has 0 aromatic carbocycles. The van der Waals surface area contributed by atoms with Crippen LogP contribution in [0.2, 0.25) is 0 Å². The van der Waals surface area contributed by atoms with Crippen LogP contribution in [0.3, 0.4) is 0 Å². The standard InChI is InChI=1S/C25H39N3O7/c1-5-34-22(32)25-14-16(25)11-9-7-6-8-10-12-18(26-23(33)35-24(2,3)4)21(31)28-15-17(29)13-19(28)20(30)27-25/h9,11,16-19,29H,5-8,10,12-15H2,1-4H3,(H,26,33)(H,27,30)/b11-9-/t16-,17+,18+,19+,25-/m1/s1. The zero-order chi connectivity index (χ0) is 25.8. The van der Waals surface area contributed by atoms with Crippen molar-refractivity contribution in [3.05, 3.63) is 12.2 Å². The van der Waals surface area contributed by atoms with Crippen molar-refractivity contribution in [1.29, 1.82) is 0 Å². The lowest BCUT2D eigenvalue weighted by Gasteiger charge is -2.30. The van der Waals surface area contributed by atoms with Gasteiger partial charge in [-0.25, -0.2) is 9.59 Å². The van der Waals surface area contributed by atoms with Crippen LogP contribution in [0.4, 0.5) is 4.79 Å². The Morgan fingerprint density at radius 1 is 1.26 bits per heavy atom. The second kappa shape index (κ2) is 11.0. The summed E-state index contributed by atoms with van der Waals surface area (Å²) in [6.45, 7) is 7.08. The lowest BCUT2D eigenvalue weighted by Crippen LogP contribution is -2.56. The number of alkyl carbamates (subject to hydrolysis) is 1. The first-order valence-corrected chi connectivity index (χ1v) is 12.6. The van der Waals surface area contributed by atoms with E-state index in [0.29, 0.717) is 19.3 Å². The summed E-state index contributed by atoms with van der Waals surface area (Å²) >= 11 is 0. The predicted molar refractivity (Wildman–Crippen MR) is 127 cm³/mol. The van der Waals surface area contributed by atoms with Gasteiger partial charge < -0.3 is 30.1 Å². The average molecular weight is 494 g/mol. The normalized spacial score (nSPS) is 32.8. The number of hydrogen-bond acceptors (Lipinski definition) is 7. The van der Waals surface area contributed by atoms with Crippen molar-refractivity contribution in [1.82, 2.24) is 15.5 Å². The van der Waals surface area contributed by atoms with Gasteiger partial charge in [0, 0.05) is 18.9 Å². The number of aliphatic hydroxyl groups excluding tert-OH is 1. The maximum absolute atomic E-state index is 13.5. The molecule has 2 fully saturated rings. The Morgan fingerprint density at radius 2 is 2.00 bits per heavy atom. The molecule has 0 bridgehead atoms. The summed E-state index contributed by atoms with van der Waals surface area (Å²) in [7, 11) is 0. The summed E-state index contributed by atoms with van der Waals surface area (Å²) in [6, 6.07) is -1.85. The van der Waals surface area contributed by atoms with Gasteiger partial charge in [0.15, 0.2) is 0 Å². The molecule has 5 atom stereocenters. The first-order valence-electron chi connectivity index (χ1n) is 12.6. The maximum Gasteiger partial charge on any atom is 0.408 e. The van der Waals surface area contributed by atoms with Crippen LogP contribution in [-0.2, 0) is 23.9 Å². The molecular formula is C25H39N3O7. The van der Waals surface area contributed by atoms with Crippen molar-refractivity contribution in [2.24, 2.45) is 5.92 Å². The molecular weight excluding hydrogens is 454 g/mol. The van der Waals surface area contributed by atoms with Gasteiger partial charge in [-0.2, -0.15) is 0 Å². The molecule has 2 aliphatic heterocycles. The number of carbonyl (C=O) groups excluding carboxylic acids is 4. The summed E-state index contributed by atoms with van der Waals surface area (Å²) in [6.07, 6.45) is 6.49. The van der Waals surface area contributed by atoms with E-state index in [1.54, 1.807) is 27.7 Å². The summed E-state index contributed by atoms with van der Waals surface area (Å²) in [5.41, 5.74) is -1.88. The Bertz CT molecular complexity index is 852. The Balaban J connectivity index is 1.84. The Kier molecular flexibility index (Phi) is 8.46. The quantitative estimate of drug-likeness (QED) is 0.403. The first-order chi connectivity index (χ1) is 16.5. The van der Waals surface area contributed by atoms with Gasteiger partial charge in [-0.05, 0) is 53.4 Å². The topological polar surface area (TPSA) is 134 Å². The van der Waals surface area contributed by atoms with E-state index in [1.807, 2.05) is 12.2 Å². The number of ether oxygens (including phenoxy) is 2. The summed E-state index contributed by atoms with van der Waals surface area (Å²) < 4.78 is 10.6. The molecule has 0 aromatic heterocycles. The molecule has 3 amide bonds. The smallest absolute Gasteiger partial charge is 0.408 e. The highest BCUT2D eigenvalue weighted by molar-refractivity contribution is 5.96. The molecule has 196 valence electrons. The SMILES string of the molecule is CCOC(=O)[C@@]12C[C@H]1/C=C\CCCCC[C@H](NC(=O)OC(C)(C)C)C(=O)N1C[C@@H](O)C[C@H]1C(=O)N2. The first kappa shape index (κ1) is 27.0. The summed E-state index contributed by atoms with van der Waals surface area (Å²) in [5.74, 6) is -1.62. The third kappa shape index (κ3) is 6.74. The van der Waals surface area contributed by atoms with Gasteiger partial charge in [0.2, 0.25) is 11.8 Å². The largest absolute Gasteiger partial charge is 0.464 e. The molecule has 0 aromatic rings. The van der Waals surface area contributed by atoms with Crippen molar-refractivity contribution in [2.45, 2.75) is 102 Å². The molecule has 0 spiro atoms. The number of fused-ring (bicyclic) bond motifs is 2. The molecule has 3 aliphatic rings. The predicted octanol–water partition coefficient (Wildman–Crippen LogP) is 1.80. The Morgan fingerprint density at radius 3 is 2.69 bits per heavy atom. The fourth-order valence-corrected chi connectivity index (χ4v) is 4.77. The van der Waals surface area contributed by atoms with Gasteiger partial charge in [-0.3, -0.25) is 9.59 Å². The molecule has 2 heterocycles. The molecule has 3 rings (SSSR count). The van der Waals surface area contributed by atoms with Crippen molar-refractivity contribution in [3.8, 4) is 0 Å². The van der Waals surface area contributed by atoms with Crippen molar-refractivity contribution >= 4 is 23.9 Å². The highest BCUT2D eigenvalue weighted by Gasteiger charge is 2.62. The fourth-order valence-electron chi connectivity index (χ4n) is 4.77. The van der Waals surface area contributed by atoms with Crippen LogP contribution in [0.15, 0.2) is 12.2 Å². The summed E-state index contributed by atoms with van der Waals surface area (Å²) in [4.78, 5) is 53.4. The number of amides is 3. The number of esters is 1. The third-order valence-corrected chi connectivity index (χ3v) is 6.59. The second-order valence-electron chi connectivity index (χ2n) is 10.7. The molecule has 35 heavy (non-hydrogen) atoms. The third-order valence-electron chi connectivity index (χ3n) is 6.59. The lowest BCUT2D eigenvalue weighted by atomic mass is 10.0. The van der Waals surface area contributed by atoms with E-state index in [0.717, 1.165) is 19.3 Å². The molecule has 1 saturated carbocycles. The second-order valence-corrected chi connectivity index (χ2v) is 10.7. The van der Waals surface area contributed by atoms with Crippen molar-refractivity contribution < 1.29 is 33.8 Å². The molecule has 0 unspecified atom stereocenters. The van der Waals surface area contributed by atoms with Gasteiger partial charge in [0.1, 0.15) is 23.2 Å². The molecule has 10 nitrogen and oxygen atoms in total.